The number of benzene rings is 2. The van der Waals surface area contributed by atoms with Crippen LogP contribution in [0.25, 0.3) is 11.0 Å². The van der Waals surface area contributed by atoms with Crippen LogP contribution in [0, 0.1) is 0 Å². The molecular weight excluding hydrogens is 428 g/mol. The number of imidazole rings is 1. The van der Waals surface area contributed by atoms with Crippen LogP contribution < -0.4 is 10.2 Å². The normalized spacial score (nSPS) is 14.3. The van der Waals surface area contributed by atoms with Crippen LogP contribution in [0.4, 0.5) is 14.5 Å². The summed E-state index contributed by atoms with van der Waals surface area (Å²) < 4.78 is 25.5. The lowest BCUT2D eigenvalue weighted by Gasteiger charge is -2.36. The van der Waals surface area contributed by atoms with E-state index < -0.39 is 18.2 Å². The summed E-state index contributed by atoms with van der Waals surface area (Å²) in [4.78, 5) is 35.0. The number of hydrogen-bond acceptors (Lipinski definition) is 4. The number of hydrogen-bond donors (Lipinski definition) is 2. The highest BCUT2D eigenvalue weighted by Gasteiger charge is 2.22. The summed E-state index contributed by atoms with van der Waals surface area (Å²) in [5.41, 5.74) is 1.96. The highest BCUT2D eigenvalue weighted by atomic mass is 35.5. The van der Waals surface area contributed by atoms with Crippen LogP contribution in [0.3, 0.4) is 0 Å². The van der Waals surface area contributed by atoms with Gasteiger partial charge in [0, 0.05) is 42.5 Å². The van der Waals surface area contributed by atoms with Crippen LogP contribution in [0.15, 0.2) is 42.5 Å². The van der Waals surface area contributed by atoms with Gasteiger partial charge in [-0.25, -0.2) is 13.8 Å². The Morgan fingerprint density at radius 1 is 1.13 bits per heavy atom. The van der Waals surface area contributed by atoms with Crippen molar-refractivity contribution in [2.45, 2.75) is 6.43 Å². The van der Waals surface area contributed by atoms with E-state index in [0.29, 0.717) is 42.2 Å². The fourth-order valence-electron chi connectivity index (χ4n) is 3.53. The van der Waals surface area contributed by atoms with E-state index in [9.17, 15) is 18.4 Å². The van der Waals surface area contributed by atoms with E-state index in [-0.39, 0.29) is 18.0 Å². The topological polar surface area (TPSA) is 81.3 Å². The predicted molar refractivity (Wildman–Crippen MR) is 114 cm³/mol. The van der Waals surface area contributed by atoms with Gasteiger partial charge in [-0.1, -0.05) is 17.7 Å². The van der Waals surface area contributed by atoms with Crippen molar-refractivity contribution in [2.75, 3.05) is 37.6 Å². The van der Waals surface area contributed by atoms with Crippen molar-refractivity contribution >= 4 is 40.1 Å². The third-order valence-electron chi connectivity index (χ3n) is 5.17. The minimum absolute atomic E-state index is 0.140. The summed E-state index contributed by atoms with van der Waals surface area (Å²) in [7, 11) is 0. The standard InChI is InChI=1S/C21H20ClF2N5O2/c22-14-2-1-3-15(11-14)28-6-8-29(9-7-28)18(30)12-25-21(31)13-4-5-16-17(10-13)27-20(26-16)19(23)24/h1-5,10-11,19H,6-9,12H2,(H,25,31)(H,26,27). The van der Waals surface area contributed by atoms with Crippen molar-refractivity contribution in [2.24, 2.45) is 0 Å². The number of aromatic amines is 1. The van der Waals surface area contributed by atoms with Gasteiger partial charge in [-0.2, -0.15) is 0 Å². The van der Waals surface area contributed by atoms with Gasteiger partial charge in [0.25, 0.3) is 12.3 Å². The molecule has 31 heavy (non-hydrogen) atoms. The number of alkyl halides is 2. The molecule has 162 valence electrons. The molecule has 0 spiro atoms. The summed E-state index contributed by atoms with van der Waals surface area (Å²) in [5, 5.41) is 3.26. The zero-order valence-corrected chi connectivity index (χ0v) is 17.2. The number of nitrogens with one attached hydrogen (secondary N) is 2. The van der Waals surface area contributed by atoms with Gasteiger partial charge in [0.1, 0.15) is 0 Å². The van der Waals surface area contributed by atoms with Crippen molar-refractivity contribution < 1.29 is 18.4 Å². The number of amides is 2. The fraction of sp³-hybridized carbons (Fsp3) is 0.286. The van der Waals surface area contributed by atoms with Crippen LogP contribution in [0.5, 0.6) is 0 Å². The van der Waals surface area contributed by atoms with Gasteiger partial charge in [0.05, 0.1) is 17.6 Å². The van der Waals surface area contributed by atoms with Gasteiger partial charge in [-0.05, 0) is 36.4 Å². The Labute approximate surface area is 182 Å². The number of carbonyl (C=O) groups excluding carboxylic acids is 2. The van der Waals surface area contributed by atoms with Gasteiger partial charge in [0.15, 0.2) is 5.82 Å². The molecule has 2 heterocycles. The van der Waals surface area contributed by atoms with Crippen molar-refractivity contribution in [1.29, 1.82) is 0 Å². The van der Waals surface area contributed by atoms with E-state index in [2.05, 4.69) is 20.2 Å². The van der Waals surface area contributed by atoms with E-state index in [1.807, 2.05) is 24.3 Å². The lowest BCUT2D eigenvalue weighted by molar-refractivity contribution is -0.130. The first-order valence-electron chi connectivity index (χ1n) is 9.75. The Morgan fingerprint density at radius 2 is 1.90 bits per heavy atom. The zero-order valence-electron chi connectivity index (χ0n) is 16.4. The predicted octanol–water partition coefficient (Wildman–Crippen LogP) is 3.23. The summed E-state index contributed by atoms with van der Waals surface area (Å²) >= 11 is 6.04. The molecule has 0 bridgehead atoms. The second kappa shape index (κ2) is 8.89. The number of aromatic nitrogens is 2. The van der Waals surface area contributed by atoms with Gasteiger partial charge in [-0.15, -0.1) is 0 Å². The summed E-state index contributed by atoms with van der Waals surface area (Å²) in [5.74, 6) is -1.08. The molecular formula is C21H20ClF2N5O2. The smallest absolute Gasteiger partial charge is 0.295 e. The Hall–Kier alpha value is -3.20. The minimum atomic E-state index is -2.72. The molecule has 1 fully saturated rings. The summed E-state index contributed by atoms with van der Waals surface area (Å²) in [6.45, 7) is 2.28. The number of halogens is 3. The van der Waals surface area contributed by atoms with Crippen LogP contribution in [0.1, 0.15) is 22.6 Å². The second-order valence-corrected chi connectivity index (χ2v) is 7.62. The van der Waals surface area contributed by atoms with Gasteiger partial charge in [-0.3, -0.25) is 9.59 Å². The molecule has 2 N–H and O–H groups in total. The first kappa shape index (κ1) is 21.0. The maximum Gasteiger partial charge on any atom is 0.295 e. The van der Waals surface area contributed by atoms with Crippen molar-refractivity contribution in [3.8, 4) is 0 Å². The average Bonchev–Trinajstić information content (AvgIpc) is 3.21. The molecule has 0 aliphatic carbocycles. The van der Waals surface area contributed by atoms with Crippen LogP contribution in [-0.2, 0) is 4.79 Å². The Morgan fingerprint density at radius 3 is 2.61 bits per heavy atom. The van der Waals surface area contributed by atoms with E-state index in [4.69, 9.17) is 11.6 Å². The maximum atomic E-state index is 12.8. The number of carbonyl (C=O) groups is 2. The number of H-pyrrole nitrogens is 1. The number of fused-ring (bicyclic) bond motifs is 1. The first-order valence-corrected chi connectivity index (χ1v) is 10.1. The summed E-state index contributed by atoms with van der Waals surface area (Å²) in [6, 6.07) is 12.0. The van der Waals surface area contributed by atoms with E-state index in [1.54, 1.807) is 4.90 Å². The minimum Gasteiger partial charge on any atom is -0.368 e. The third-order valence-corrected chi connectivity index (χ3v) is 5.41. The second-order valence-electron chi connectivity index (χ2n) is 7.19. The number of anilines is 1. The molecule has 4 rings (SSSR count). The van der Waals surface area contributed by atoms with E-state index in [0.717, 1.165) is 5.69 Å². The lowest BCUT2D eigenvalue weighted by atomic mass is 10.2. The molecule has 3 aromatic rings. The highest BCUT2D eigenvalue weighted by molar-refractivity contribution is 6.30. The van der Waals surface area contributed by atoms with Crippen molar-refractivity contribution in [3.05, 3.63) is 58.9 Å². The molecule has 0 unspecified atom stereocenters. The van der Waals surface area contributed by atoms with Crippen LogP contribution >= 0.6 is 11.6 Å². The summed E-state index contributed by atoms with van der Waals surface area (Å²) in [6.07, 6.45) is -2.72. The number of piperazine rings is 1. The Balaban J connectivity index is 1.30. The Bertz CT molecular complexity index is 1110. The van der Waals surface area contributed by atoms with Crippen LogP contribution in [-0.4, -0.2) is 59.4 Å². The molecule has 1 saturated heterocycles. The molecule has 2 aromatic carbocycles. The molecule has 1 aliphatic heterocycles. The number of nitrogens with zero attached hydrogens (tertiary/aromatic N) is 3. The van der Waals surface area contributed by atoms with Gasteiger partial charge < -0.3 is 20.1 Å². The molecule has 2 amide bonds. The van der Waals surface area contributed by atoms with Crippen molar-refractivity contribution in [1.82, 2.24) is 20.2 Å². The fourth-order valence-corrected chi connectivity index (χ4v) is 3.72. The SMILES string of the molecule is O=C(NCC(=O)N1CCN(c2cccc(Cl)c2)CC1)c1ccc2nc(C(F)F)[nH]c2c1. The van der Waals surface area contributed by atoms with E-state index >= 15 is 0 Å². The van der Waals surface area contributed by atoms with Crippen LogP contribution in [0.2, 0.25) is 5.02 Å². The zero-order chi connectivity index (χ0) is 22.0. The molecule has 0 saturated carbocycles. The largest absolute Gasteiger partial charge is 0.368 e. The quantitative estimate of drug-likeness (QED) is 0.629. The molecule has 0 radical (unpaired) electrons. The monoisotopic (exact) mass is 447 g/mol. The molecule has 0 atom stereocenters. The van der Waals surface area contributed by atoms with E-state index in [1.165, 1.54) is 18.2 Å². The van der Waals surface area contributed by atoms with Crippen molar-refractivity contribution in [3.63, 3.8) is 0 Å². The molecule has 10 heteroatoms. The Kier molecular flexibility index (Phi) is 6.03. The lowest BCUT2D eigenvalue weighted by Crippen LogP contribution is -2.51. The highest BCUT2D eigenvalue weighted by Crippen LogP contribution is 2.22. The molecule has 1 aromatic heterocycles. The molecule has 1 aliphatic rings. The van der Waals surface area contributed by atoms with Gasteiger partial charge in [0.2, 0.25) is 5.91 Å². The van der Waals surface area contributed by atoms with Gasteiger partial charge >= 0.3 is 0 Å². The average molecular weight is 448 g/mol. The number of rotatable bonds is 5. The maximum absolute atomic E-state index is 12.8. The first-order chi connectivity index (χ1) is 14.9. The third kappa shape index (κ3) is 4.77. The molecule has 7 nitrogen and oxygen atoms in total.